The van der Waals surface area contributed by atoms with Crippen molar-refractivity contribution in [1.82, 2.24) is 25.5 Å². The van der Waals surface area contributed by atoms with Crippen molar-refractivity contribution in [3.05, 3.63) is 75.6 Å². The molecule has 7 nitrogen and oxygen atoms in total. The van der Waals surface area contributed by atoms with Crippen LogP contribution in [0.4, 0.5) is 0 Å². The van der Waals surface area contributed by atoms with Gasteiger partial charge in [0.15, 0.2) is 0 Å². The van der Waals surface area contributed by atoms with Gasteiger partial charge in [-0.1, -0.05) is 29.4 Å². The summed E-state index contributed by atoms with van der Waals surface area (Å²) in [6.07, 6.45) is 0.545. The number of rotatable bonds is 4. The molecule has 1 atom stereocenters. The van der Waals surface area contributed by atoms with E-state index in [0.717, 1.165) is 39.0 Å². The van der Waals surface area contributed by atoms with Gasteiger partial charge in [-0.25, -0.2) is 0 Å². The van der Waals surface area contributed by atoms with Crippen LogP contribution in [0.15, 0.2) is 47.0 Å². The van der Waals surface area contributed by atoms with E-state index < -0.39 is 0 Å². The molecule has 2 aromatic carbocycles. The molecule has 0 spiro atoms. The van der Waals surface area contributed by atoms with Gasteiger partial charge in [0.05, 0.1) is 11.7 Å². The lowest BCUT2D eigenvalue weighted by Crippen LogP contribution is -2.29. The molecule has 4 aromatic rings. The topological polar surface area (TPSA) is 87.9 Å². The number of carbonyl (C=O) groups is 1. The van der Waals surface area contributed by atoms with Crippen LogP contribution in [0.2, 0.25) is 5.22 Å². The van der Waals surface area contributed by atoms with Crippen molar-refractivity contribution in [2.45, 2.75) is 25.9 Å². The molecule has 0 bridgehead atoms. The fourth-order valence-corrected chi connectivity index (χ4v) is 4.06. The van der Waals surface area contributed by atoms with Crippen LogP contribution in [-0.2, 0) is 13.0 Å². The maximum Gasteiger partial charge on any atom is 0.255 e. The molecule has 1 aliphatic rings. The number of carbonyl (C=O) groups excluding carboxylic acids is 1. The van der Waals surface area contributed by atoms with Gasteiger partial charge in [-0.2, -0.15) is 15.4 Å². The highest BCUT2D eigenvalue weighted by Crippen LogP contribution is 2.38. The summed E-state index contributed by atoms with van der Waals surface area (Å²) in [6.45, 7) is 2.32. The fourth-order valence-electron chi connectivity index (χ4n) is 3.81. The summed E-state index contributed by atoms with van der Waals surface area (Å²) in [6, 6.07) is 13.4. The molecular formula is C20H16ClN5O2. The van der Waals surface area contributed by atoms with Crippen molar-refractivity contribution >= 4 is 28.5 Å². The number of hydrogen-bond donors (Lipinski definition) is 1. The Balaban J connectivity index is 1.53. The van der Waals surface area contributed by atoms with E-state index in [4.69, 9.17) is 16.1 Å². The Morgan fingerprint density at radius 2 is 2.00 bits per heavy atom. The number of benzene rings is 2. The number of aromatic amines is 1. The van der Waals surface area contributed by atoms with E-state index in [1.54, 1.807) is 0 Å². The number of nitrogens with zero attached hydrogens (tertiary/aromatic N) is 4. The van der Waals surface area contributed by atoms with E-state index >= 15 is 0 Å². The third kappa shape index (κ3) is 2.66. The Bertz CT molecular complexity index is 1180. The normalized spacial score (nSPS) is 16.1. The zero-order chi connectivity index (χ0) is 19.3. The monoisotopic (exact) mass is 393 g/mol. The van der Waals surface area contributed by atoms with Gasteiger partial charge in [0.2, 0.25) is 5.22 Å². The Morgan fingerprint density at radius 3 is 2.82 bits per heavy atom. The molecule has 1 aliphatic heterocycles. The Labute approximate surface area is 165 Å². The lowest BCUT2D eigenvalue weighted by Gasteiger charge is -2.25. The van der Waals surface area contributed by atoms with Crippen molar-refractivity contribution in [1.29, 1.82) is 0 Å². The second-order valence-electron chi connectivity index (χ2n) is 6.91. The maximum atomic E-state index is 13.1. The number of halogens is 1. The highest BCUT2D eigenvalue weighted by Gasteiger charge is 2.37. The van der Waals surface area contributed by atoms with Crippen molar-refractivity contribution < 1.29 is 9.32 Å². The summed E-state index contributed by atoms with van der Waals surface area (Å²) < 4.78 is 5.11. The molecule has 1 N–H and O–H groups in total. The molecule has 1 unspecified atom stereocenters. The minimum atomic E-state index is -0.146. The lowest BCUT2D eigenvalue weighted by atomic mass is 9.98. The number of amides is 1. The first kappa shape index (κ1) is 16.9. The van der Waals surface area contributed by atoms with Gasteiger partial charge in [0.1, 0.15) is 11.0 Å². The van der Waals surface area contributed by atoms with Crippen LogP contribution in [0, 0.1) is 6.92 Å². The zero-order valence-corrected chi connectivity index (χ0v) is 15.8. The average Bonchev–Trinajstić information content (AvgIpc) is 3.37. The number of nitrogens with one attached hydrogen (secondary N) is 1. The average molecular weight is 394 g/mol. The Morgan fingerprint density at radius 1 is 1.18 bits per heavy atom. The van der Waals surface area contributed by atoms with E-state index in [-0.39, 0.29) is 17.2 Å². The number of aromatic nitrogens is 4. The van der Waals surface area contributed by atoms with Gasteiger partial charge in [0.25, 0.3) is 5.91 Å². The molecule has 140 valence electrons. The van der Waals surface area contributed by atoms with Gasteiger partial charge in [-0.3, -0.25) is 4.79 Å². The molecule has 2 aromatic heterocycles. The molecule has 1 amide bonds. The van der Waals surface area contributed by atoms with Crippen molar-refractivity contribution in [3.63, 3.8) is 0 Å². The molecular weight excluding hydrogens is 378 g/mol. The second-order valence-corrected chi connectivity index (χ2v) is 7.25. The van der Waals surface area contributed by atoms with Gasteiger partial charge in [-0.15, -0.1) is 0 Å². The first-order valence-corrected chi connectivity index (χ1v) is 9.29. The van der Waals surface area contributed by atoms with Gasteiger partial charge < -0.3 is 9.42 Å². The molecule has 0 aliphatic carbocycles. The molecule has 8 heteroatoms. The third-order valence-electron chi connectivity index (χ3n) is 5.26. The van der Waals surface area contributed by atoms with E-state index in [2.05, 4.69) is 20.6 Å². The van der Waals surface area contributed by atoms with E-state index in [9.17, 15) is 4.79 Å². The predicted octanol–water partition coefficient (Wildman–Crippen LogP) is 3.85. The summed E-state index contributed by atoms with van der Waals surface area (Å²) in [5, 5.41) is 15.0. The van der Waals surface area contributed by atoms with Crippen LogP contribution >= 0.6 is 11.6 Å². The first-order valence-electron chi connectivity index (χ1n) is 8.92. The van der Waals surface area contributed by atoms with Crippen LogP contribution < -0.4 is 0 Å². The smallest absolute Gasteiger partial charge is 0.255 e. The molecule has 0 saturated heterocycles. The zero-order valence-electron chi connectivity index (χ0n) is 15.0. The van der Waals surface area contributed by atoms with Gasteiger partial charge in [0, 0.05) is 24.1 Å². The molecule has 0 fully saturated rings. The van der Waals surface area contributed by atoms with E-state index in [1.165, 1.54) is 0 Å². The number of aryl methyl sites for hydroxylation is 1. The van der Waals surface area contributed by atoms with Crippen LogP contribution in [0.3, 0.4) is 0 Å². The molecule has 5 rings (SSSR count). The van der Waals surface area contributed by atoms with Crippen LogP contribution in [0.5, 0.6) is 0 Å². The maximum absolute atomic E-state index is 13.1. The van der Waals surface area contributed by atoms with E-state index in [0.29, 0.717) is 13.0 Å². The summed E-state index contributed by atoms with van der Waals surface area (Å²) in [4.78, 5) is 15.0. The van der Waals surface area contributed by atoms with Crippen LogP contribution in [-0.4, -0.2) is 31.4 Å². The summed E-state index contributed by atoms with van der Waals surface area (Å²) >= 11 is 6.20. The van der Waals surface area contributed by atoms with Crippen LogP contribution in [0.25, 0.3) is 11.0 Å². The summed E-state index contributed by atoms with van der Waals surface area (Å²) in [5.41, 5.74) is 5.84. The van der Waals surface area contributed by atoms with Crippen molar-refractivity contribution in [2.75, 3.05) is 0 Å². The summed E-state index contributed by atoms with van der Waals surface area (Å²) in [5.74, 6) is 0.00563. The minimum absolute atomic E-state index is 0.00563. The molecule has 3 heterocycles. The lowest BCUT2D eigenvalue weighted by molar-refractivity contribution is 0.0709. The van der Waals surface area contributed by atoms with Crippen LogP contribution in [0.1, 0.15) is 38.8 Å². The number of H-pyrrole nitrogens is 1. The highest BCUT2D eigenvalue weighted by molar-refractivity contribution is 6.29. The molecule has 0 saturated carbocycles. The Hall–Kier alpha value is -3.19. The predicted molar refractivity (Wildman–Crippen MR) is 103 cm³/mol. The van der Waals surface area contributed by atoms with Gasteiger partial charge in [-0.05, 0) is 47.9 Å². The van der Waals surface area contributed by atoms with Crippen molar-refractivity contribution in [2.24, 2.45) is 0 Å². The fraction of sp³-hybridized carbons (Fsp3) is 0.200. The minimum Gasteiger partial charge on any atom is -0.344 e. The highest BCUT2D eigenvalue weighted by atomic mass is 35.5. The molecule has 0 radical (unpaired) electrons. The van der Waals surface area contributed by atoms with E-state index in [1.807, 2.05) is 54.3 Å². The van der Waals surface area contributed by atoms with Gasteiger partial charge >= 0.3 is 0 Å². The standard InChI is InChI=1S/C20H16ClN5O2/c1-11-15(19(21)28-24-11)9-18-13-4-2-3-5-14(13)20(27)26(18)10-12-6-7-16-17(8-12)23-25-22-16/h2-8,18H,9-10H2,1H3,(H,22,23,25). The first-order chi connectivity index (χ1) is 13.6. The third-order valence-corrected chi connectivity index (χ3v) is 5.55. The second kappa shape index (κ2) is 6.45. The SMILES string of the molecule is Cc1noc(Cl)c1CC1c2ccccc2C(=O)N1Cc1ccc2n[nH]nc2c1. The number of hydrogen-bond acceptors (Lipinski definition) is 5. The largest absolute Gasteiger partial charge is 0.344 e. The quantitative estimate of drug-likeness (QED) is 0.569. The summed E-state index contributed by atoms with van der Waals surface area (Å²) in [7, 11) is 0. The molecule has 28 heavy (non-hydrogen) atoms. The Kier molecular flexibility index (Phi) is 3.91. The number of fused-ring (bicyclic) bond motifs is 2. The van der Waals surface area contributed by atoms with Crippen molar-refractivity contribution in [3.8, 4) is 0 Å².